The van der Waals surface area contributed by atoms with Crippen molar-refractivity contribution >= 4 is 5.97 Å². The normalized spacial score (nSPS) is 10.8. The van der Waals surface area contributed by atoms with E-state index in [1.54, 1.807) is 17.8 Å². The summed E-state index contributed by atoms with van der Waals surface area (Å²) in [4.78, 5) is 20.5. The summed E-state index contributed by atoms with van der Waals surface area (Å²) in [5, 5.41) is 4.16. The highest BCUT2D eigenvalue weighted by Crippen LogP contribution is 2.13. The van der Waals surface area contributed by atoms with Gasteiger partial charge in [0.1, 0.15) is 5.82 Å². The van der Waals surface area contributed by atoms with Crippen LogP contribution in [0.25, 0.3) is 5.82 Å². The minimum absolute atomic E-state index is 0.230. The third-order valence-electron chi connectivity index (χ3n) is 2.70. The van der Waals surface area contributed by atoms with Gasteiger partial charge in [-0.25, -0.2) is 19.4 Å². The molecule has 0 aliphatic heterocycles. The molecule has 0 bridgehead atoms. The average Bonchev–Trinajstić information content (AvgIpc) is 2.88. The number of rotatable bonds is 4. The summed E-state index contributed by atoms with van der Waals surface area (Å²) >= 11 is 0. The number of carbonyl (C=O) groups excluding carboxylic acids is 1. The molecule has 0 aliphatic rings. The second-order valence-corrected chi connectivity index (χ2v) is 4.77. The van der Waals surface area contributed by atoms with Crippen molar-refractivity contribution in [2.75, 3.05) is 6.61 Å². The molecule has 0 aromatic carbocycles. The molecular weight excluding hydrogens is 256 g/mol. The van der Waals surface area contributed by atoms with Crippen molar-refractivity contribution in [1.82, 2.24) is 19.7 Å². The lowest BCUT2D eigenvalue weighted by Gasteiger charge is -2.07. The Morgan fingerprint density at radius 1 is 1.40 bits per heavy atom. The molecule has 0 amide bonds. The van der Waals surface area contributed by atoms with E-state index in [1.807, 2.05) is 26.8 Å². The zero-order valence-corrected chi connectivity index (χ0v) is 12.1. The van der Waals surface area contributed by atoms with Gasteiger partial charge in [0, 0.05) is 23.9 Å². The molecule has 0 spiro atoms. The summed E-state index contributed by atoms with van der Waals surface area (Å²) in [5.41, 5.74) is 1.28. The van der Waals surface area contributed by atoms with Gasteiger partial charge in [0.25, 0.3) is 0 Å². The van der Waals surface area contributed by atoms with Gasteiger partial charge in [-0.15, -0.1) is 0 Å². The molecule has 2 heterocycles. The van der Waals surface area contributed by atoms with Crippen LogP contribution in [0.15, 0.2) is 18.5 Å². The van der Waals surface area contributed by atoms with Crippen molar-refractivity contribution in [3.05, 3.63) is 35.5 Å². The van der Waals surface area contributed by atoms with E-state index >= 15 is 0 Å². The summed E-state index contributed by atoms with van der Waals surface area (Å²) < 4.78 is 6.50. The van der Waals surface area contributed by atoms with Crippen molar-refractivity contribution < 1.29 is 9.53 Å². The van der Waals surface area contributed by atoms with E-state index < -0.39 is 0 Å². The van der Waals surface area contributed by atoms with Crippen molar-refractivity contribution in [3.8, 4) is 5.82 Å². The molecule has 2 rings (SSSR count). The highest BCUT2D eigenvalue weighted by atomic mass is 16.5. The highest BCUT2D eigenvalue weighted by molar-refractivity contribution is 5.88. The van der Waals surface area contributed by atoms with E-state index in [1.165, 1.54) is 6.20 Å². The summed E-state index contributed by atoms with van der Waals surface area (Å²) in [5.74, 6) is 1.26. The van der Waals surface area contributed by atoms with Crippen LogP contribution < -0.4 is 0 Å². The monoisotopic (exact) mass is 274 g/mol. The molecule has 6 nitrogen and oxygen atoms in total. The third-order valence-corrected chi connectivity index (χ3v) is 2.70. The fourth-order valence-corrected chi connectivity index (χ4v) is 1.72. The van der Waals surface area contributed by atoms with Crippen LogP contribution in [0, 0.1) is 6.92 Å². The van der Waals surface area contributed by atoms with Gasteiger partial charge in [-0.05, 0) is 13.8 Å². The Kier molecular flexibility index (Phi) is 4.12. The Hall–Kier alpha value is -2.24. The molecule has 0 fully saturated rings. The van der Waals surface area contributed by atoms with Gasteiger partial charge in [0.15, 0.2) is 5.82 Å². The Bertz CT molecular complexity index is 619. The van der Waals surface area contributed by atoms with Crippen molar-refractivity contribution in [3.63, 3.8) is 0 Å². The fraction of sp³-hybridized carbons (Fsp3) is 0.429. The maximum absolute atomic E-state index is 11.6. The topological polar surface area (TPSA) is 69.9 Å². The van der Waals surface area contributed by atoms with E-state index in [2.05, 4.69) is 15.1 Å². The lowest BCUT2D eigenvalue weighted by Crippen LogP contribution is -2.06. The summed E-state index contributed by atoms with van der Waals surface area (Å²) in [6, 6.07) is 1.83. The number of carbonyl (C=O) groups is 1. The molecule has 6 heteroatoms. The van der Waals surface area contributed by atoms with Crippen LogP contribution in [0.5, 0.6) is 0 Å². The van der Waals surface area contributed by atoms with Gasteiger partial charge in [-0.2, -0.15) is 5.10 Å². The molecule has 0 saturated carbocycles. The van der Waals surface area contributed by atoms with Crippen LogP contribution in [0.2, 0.25) is 0 Å². The largest absolute Gasteiger partial charge is 0.462 e. The Morgan fingerprint density at radius 3 is 2.80 bits per heavy atom. The standard InChI is InChI=1S/C14H18N4O2/c1-5-20-14(19)11-7-15-18(8-11)12-6-10(4)16-13(17-12)9(2)3/h6-9H,5H2,1-4H3. The lowest BCUT2D eigenvalue weighted by atomic mass is 10.2. The van der Waals surface area contributed by atoms with E-state index in [9.17, 15) is 4.79 Å². The molecule has 106 valence electrons. The van der Waals surface area contributed by atoms with E-state index in [4.69, 9.17) is 4.74 Å². The third kappa shape index (κ3) is 3.01. The Labute approximate surface area is 117 Å². The molecule has 2 aromatic rings. The SMILES string of the molecule is CCOC(=O)c1cnn(-c2cc(C)nc(C(C)C)n2)c1. The quantitative estimate of drug-likeness (QED) is 0.800. The van der Waals surface area contributed by atoms with E-state index in [0.29, 0.717) is 18.0 Å². The zero-order chi connectivity index (χ0) is 14.7. The number of nitrogens with zero attached hydrogens (tertiary/aromatic N) is 4. The van der Waals surface area contributed by atoms with Gasteiger partial charge in [-0.1, -0.05) is 13.8 Å². The minimum atomic E-state index is -0.381. The molecule has 0 unspecified atom stereocenters. The van der Waals surface area contributed by atoms with Crippen LogP contribution in [0.4, 0.5) is 0 Å². The first-order valence-electron chi connectivity index (χ1n) is 6.59. The fourth-order valence-electron chi connectivity index (χ4n) is 1.72. The summed E-state index contributed by atoms with van der Waals surface area (Å²) in [6.07, 6.45) is 3.09. The average molecular weight is 274 g/mol. The first-order valence-corrected chi connectivity index (χ1v) is 6.59. The highest BCUT2D eigenvalue weighted by Gasteiger charge is 2.12. The smallest absolute Gasteiger partial charge is 0.341 e. The Balaban J connectivity index is 2.34. The minimum Gasteiger partial charge on any atom is -0.462 e. The van der Waals surface area contributed by atoms with Crippen LogP contribution >= 0.6 is 0 Å². The van der Waals surface area contributed by atoms with Gasteiger partial charge in [-0.3, -0.25) is 0 Å². The number of aryl methyl sites for hydroxylation is 1. The van der Waals surface area contributed by atoms with E-state index in [-0.39, 0.29) is 11.9 Å². The zero-order valence-electron chi connectivity index (χ0n) is 12.1. The molecule has 0 radical (unpaired) electrons. The first kappa shape index (κ1) is 14.2. The summed E-state index contributed by atoms with van der Waals surface area (Å²) in [6.45, 7) is 8.09. The van der Waals surface area contributed by atoms with Crippen molar-refractivity contribution in [2.45, 2.75) is 33.6 Å². The second kappa shape index (κ2) is 5.81. The van der Waals surface area contributed by atoms with Gasteiger partial charge in [0.05, 0.1) is 18.4 Å². The number of aromatic nitrogens is 4. The molecule has 20 heavy (non-hydrogen) atoms. The number of ether oxygens (including phenoxy) is 1. The van der Waals surface area contributed by atoms with Crippen molar-refractivity contribution in [2.24, 2.45) is 0 Å². The predicted molar refractivity (Wildman–Crippen MR) is 73.9 cm³/mol. The van der Waals surface area contributed by atoms with Crippen LogP contribution in [0.1, 0.15) is 48.6 Å². The molecule has 0 saturated heterocycles. The molecule has 0 atom stereocenters. The maximum Gasteiger partial charge on any atom is 0.341 e. The number of hydrogen-bond donors (Lipinski definition) is 0. The second-order valence-electron chi connectivity index (χ2n) is 4.77. The van der Waals surface area contributed by atoms with Crippen LogP contribution in [-0.2, 0) is 4.74 Å². The lowest BCUT2D eigenvalue weighted by molar-refractivity contribution is 0.0526. The molecule has 0 aliphatic carbocycles. The molecule has 2 aromatic heterocycles. The first-order chi connectivity index (χ1) is 9.51. The van der Waals surface area contributed by atoms with Crippen molar-refractivity contribution in [1.29, 1.82) is 0 Å². The molecular formula is C14H18N4O2. The molecule has 0 N–H and O–H groups in total. The van der Waals surface area contributed by atoms with Crippen LogP contribution in [-0.4, -0.2) is 32.3 Å². The van der Waals surface area contributed by atoms with E-state index in [0.717, 1.165) is 11.5 Å². The van der Waals surface area contributed by atoms with Gasteiger partial charge in [0.2, 0.25) is 0 Å². The number of hydrogen-bond acceptors (Lipinski definition) is 5. The maximum atomic E-state index is 11.6. The van der Waals surface area contributed by atoms with Gasteiger partial charge >= 0.3 is 5.97 Å². The number of esters is 1. The predicted octanol–water partition coefficient (Wildman–Crippen LogP) is 2.27. The Morgan fingerprint density at radius 2 is 2.15 bits per heavy atom. The van der Waals surface area contributed by atoms with Crippen LogP contribution in [0.3, 0.4) is 0 Å². The summed E-state index contributed by atoms with van der Waals surface area (Å²) in [7, 11) is 0. The van der Waals surface area contributed by atoms with Gasteiger partial charge < -0.3 is 4.74 Å².